The predicted octanol–water partition coefficient (Wildman–Crippen LogP) is 3.05. The molecule has 0 aromatic heterocycles. The number of carbonyl (C=O) groups is 2. The van der Waals surface area contributed by atoms with Crippen LogP contribution in [0.2, 0.25) is 0 Å². The number of hydrogen-bond acceptors (Lipinski definition) is 4. The zero-order valence-corrected chi connectivity index (χ0v) is 17.0. The van der Waals surface area contributed by atoms with E-state index in [-0.39, 0.29) is 5.91 Å². The summed E-state index contributed by atoms with van der Waals surface area (Å²) in [6.07, 6.45) is 0.616. The summed E-state index contributed by atoms with van der Waals surface area (Å²) >= 11 is 0. The minimum atomic E-state index is -0.737. The van der Waals surface area contributed by atoms with Crippen LogP contribution >= 0.6 is 0 Å². The summed E-state index contributed by atoms with van der Waals surface area (Å²) in [5.74, 6) is 0.576. The summed E-state index contributed by atoms with van der Waals surface area (Å²) in [5, 5.41) is 5.06. The highest BCUT2D eigenvalue weighted by Crippen LogP contribution is 2.27. The summed E-state index contributed by atoms with van der Waals surface area (Å²) in [5.41, 5.74) is 1.30. The molecule has 0 spiro atoms. The lowest BCUT2D eigenvalue weighted by molar-refractivity contribution is -0.131. The van der Waals surface area contributed by atoms with E-state index in [0.717, 1.165) is 5.56 Å². The van der Waals surface area contributed by atoms with Crippen LogP contribution < -0.4 is 20.1 Å². The molecule has 0 saturated heterocycles. The summed E-state index contributed by atoms with van der Waals surface area (Å²) in [6.45, 7) is 2.06. The number of anilines is 1. The quantitative estimate of drug-likeness (QED) is 0.710. The van der Waals surface area contributed by atoms with Crippen molar-refractivity contribution in [3.05, 3.63) is 53.8 Å². The van der Waals surface area contributed by atoms with E-state index in [0.29, 0.717) is 30.2 Å². The molecule has 0 heterocycles. The van der Waals surface area contributed by atoms with Crippen molar-refractivity contribution in [2.75, 3.05) is 33.1 Å². The van der Waals surface area contributed by atoms with Crippen LogP contribution in [0.4, 0.5) is 14.9 Å². The molecule has 0 fully saturated rings. The van der Waals surface area contributed by atoms with Crippen LogP contribution in [0.3, 0.4) is 0 Å². The van der Waals surface area contributed by atoms with Gasteiger partial charge in [0.05, 0.1) is 14.2 Å². The number of benzene rings is 2. The monoisotopic (exact) mass is 403 g/mol. The average Bonchev–Trinajstić information content (AvgIpc) is 2.70. The second-order valence-electron chi connectivity index (χ2n) is 6.53. The van der Waals surface area contributed by atoms with Crippen LogP contribution in [-0.4, -0.2) is 50.7 Å². The molecule has 0 bridgehead atoms. The van der Waals surface area contributed by atoms with Gasteiger partial charge in [0.1, 0.15) is 11.9 Å². The van der Waals surface area contributed by atoms with E-state index in [1.807, 2.05) is 18.2 Å². The molecule has 1 atom stereocenters. The molecule has 2 rings (SSSR count). The molecular weight excluding hydrogens is 377 g/mol. The van der Waals surface area contributed by atoms with Crippen LogP contribution in [0.5, 0.6) is 11.5 Å². The largest absolute Gasteiger partial charge is 0.493 e. The fourth-order valence-corrected chi connectivity index (χ4v) is 2.77. The van der Waals surface area contributed by atoms with Gasteiger partial charge in [0.25, 0.3) is 0 Å². The number of rotatable bonds is 8. The third-order valence-electron chi connectivity index (χ3n) is 4.36. The number of halogens is 1. The van der Waals surface area contributed by atoms with Gasteiger partial charge in [0.2, 0.25) is 5.91 Å². The van der Waals surface area contributed by atoms with E-state index in [1.165, 1.54) is 18.2 Å². The van der Waals surface area contributed by atoms with Gasteiger partial charge in [-0.2, -0.15) is 0 Å². The molecule has 1 unspecified atom stereocenters. The maximum atomic E-state index is 13.2. The van der Waals surface area contributed by atoms with Crippen molar-refractivity contribution < 1.29 is 23.5 Å². The smallest absolute Gasteiger partial charge is 0.319 e. The predicted molar refractivity (Wildman–Crippen MR) is 109 cm³/mol. The molecule has 0 aliphatic heterocycles. The van der Waals surface area contributed by atoms with Gasteiger partial charge in [0.15, 0.2) is 11.5 Å². The third kappa shape index (κ3) is 6.38. The second-order valence-corrected chi connectivity index (χ2v) is 6.53. The standard InChI is InChI=1S/C21H26FN3O4/c1-14(23-21(27)24-17-7-5-6-16(22)13-17)20(26)25(2)11-10-15-8-9-18(28-3)19(12-15)29-4/h5-9,12-14H,10-11H2,1-4H3,(H2,23,24,27). The highest BCUT2D eigenvalue weighted by atomic mass is 19.1. The van der Waals surface area contributed by atoms with E-state index in [2.05, 4.69) is 10.6 Å². The first kappa shape index (κ1) is 22.0. The van der Waals surface area contributed by atoms with E-state index in [9.17, 15) is 14.0 Å². The Morgan fingerprint density at radius 2 is 1.83 bits per heavy atom. The molecular formula is C21H26FN3O4. The normalized spacial score (nSPS) is 11.3. The Kier molecular flexibility index (Phi) is 7.82. The van der Waals surface area contributed by atoms with E-state index in [4.69, 9.17) is 9.47 Å². The Morgan fingerprint density at radius 1 is 1.10 bits per heavy atom. The van der Waals surface area contributed by atoms with Gasteiger partial charge in [-0.25, -0.2) is 9.18 Å². The number of nitrogens with zero attached hydrogens (tertiary/aromatic N) is 1. The molecule has 156 valence electrons. The fourth-order valence-electron chi connectivity index (χ4n) is 2.77. The van der Waals surface area contributed by atoms with Crippen LogP contribution in [0.15, 0.2) is 42.5 Å². The number of ether oxygens (including phenoxy) is 2. The van der Waals surface area contributed by atoms with Crippen LogP contribution in [-0.2, 0) is 11.2 Å². The van der Waals surface area contributed by atoms with Crippen molar-refractivity contribution in [1.82, 2.24) is 10.2 Å². The first-order chi connectivity index (χ1) is 13.8. The first-order valence-corrected chi connectivity index (χ1v) is 9.13. The van der Waals surface area contributed by atoms with Crippen molar-refractivity contribution in [1.29, 1.82) is 0 Å². The van der Waals surface area contributed by atoms with Gasteiger partial charge in [-0.15, -0.1) is 0 Å². The highest BCUT2D eigenvalue weighted by Gasteiger charge is 2.19. The van der Waals surface area contributed by atoms with Gasteiger partial charge in [-0.1, -0.05) is 12.1 Å². The lowest BCUT2D eigenvalue weighted by Crippen LogP contribution is -2.47. The topological polar surface area (TPSA) is 79.9 Å². The van der Waals surface area contributed by atoms with Crippen molar-refractivity contribution >= 4 is 17.6 Å². The SMILES string of the molecule is COc1ccc(CCN(C)C(=O)C(C)NC(=O)Nc2cccc(F)c2)cc1OC. The van der Waals surface area contributed by atoms with Gasteiger partial charge >= 0.3 is 6.03 Å². The van der Waals surface area contributed by atoms with Crippen LogP contribution in [0, 0.1) is 5.82 Å². The molecule has 0 aliphatic rings. The number of likely N-dealkylation sites (N-methyl/N-ethyl adjacent to an activating group) is 1. The molecule has 2 aromatic carbocycles. The number of carbonyl (C=O) groups excluding carboxylic acids is 2. The minimum absolute atomic E-state index is 0.236. The Morgan fingerprint density at radius 3 is 2.48 bits per heavy atom. The number of amides is 3. The number of urea groups is 1. The van der Waals surface area contributed by atoms with Gasteiger partial charge in [-0.05, 0) is 49.2 Å². The summed E-state index contributed by atoms with van der Waals surface area (Å²) in [6, 6.07) is 9.80. The molecule has 2 N–H and O–H groups in total. The molecule has 3 amide bonds. The molecule has 0 saturated carbocycles. The molecule has 2 aromatic rings. The van der Waals surface area contributed by atoms with Crippen molar-refractivity contribution in [2.24, 2.45) is 0 Å². The van der Waals surface area contributed by atoms with Crippen molar-refractivity contribution in [3.63, 3.8) is 0 Å². The molecule has 0 aliphatic carbocycles. The van der Waals surface area contributed by atoms with E-state index in [1.54, 1.807) is 39.2 Å². The third-order valence-corrected chi connectivity index (χ3v) is 4.36. The van der Waals surface area contributed by atoms with Gasteiger partial charge in [-0.3, -0.25) is 4.79 Å². The first-order valence-electron chi connectivity index (χ1n) is 9.13. The number of hydrogen-bond donors (Lipinski definition) is 2. The summed E-state index contributed by atoms with van der Waals surface area (Å²) < 4.78 is 23.7. The molecule has 0 radical (unpaired) electrons. The minimum Gasteiger partial charge on any atom is -0.493 e. The Labute approximate surface area is 169 Å². The fraction of sp³-hybridized carbons (Fsp3) is 0.333. The Hall–Kier alpha value is -3.29. The van der Waals surface area contributed by atoms with E-state index >= 15 is 0 Å². The van der Waals surface area contributed by atoms with Crippen LogP contribution in [0.25, 0.3) is 0 Å². The maximum Gasteiger partial charge on any atom is 0.319 e. The molecule has 8 heteroatoms. The van der Waals surface area contributed by atoms with Crippen LogP contribution in [0.1, 0.15) is 12.5 Å². The zero-order valence-electron chi connectivity index (χ0n) is 17.0. The maximum absolute atomic E-state index is 13.2. The summed E-state index contributed by atoms with van der Waals surface area (Å²) in [4.78, 5) is 26.1. The molecule has 7 nitrogen and oxygen atoms in total. The second kappa shape index (κ2) is 10.3. The molecule has 29 heavy (non-hydrogen) atoms. The lowest BCUT2D eigenvalue weighted by Gasteiger charge is -2.22. The van der Waals surface area contributed by atoms with Crippen molar-refractivity contribution in [3.8, 4) is 11.5 Å². The number of nitrogens with one attached hydrogen (secondary N) is 2. The van der Waals surface area contributed by atoms with E-state index < -0.39 is 17.9 Å². The average molecular weight is 403 g/mol. The Balaban J connectivity index is 1.86. The Bertz CT molecular complexity index is 860. The highest BCUT2D eigenvalue weighted by molar-refractivity contribution is 5.93. The van der Waals surface area contributed by atoms with Gasteiger partial charge < -0.3 is 25.0 Å². The number of methoxy groups -OCH3 is 2. The van der Waals surface area contributed by atoms with Crippen molar-refractivity contribution in [2.45, 2.75) is 19.4 Å². The zero-order chi connectivity index (χ0) is 21.4. The lowest BCUT2D eigenvalue weighted by atomic mass is 10.1. The summed E-state index contributed by atoms with van der Waals surface area (Å²) in [7, 11) is 4.81. The van der Waals surface area contributed by atoms with Gasteiger partial charge in [0, 0.05) is 19.3 Å².